The van der Waals surface area contributed by atoms with Crippen LogP contribution in [0.3, 0.4) is 0 Å². The molecule has 14 heteroatoms. The van der Waals surface area contributed by atoms with Gasteiger partial charge in [-0.15, -0.1) is 0 Å². The van der Waals surface area contributed by atoms with E-state index in [-0.39, 0.29) is 19.1 Å². The molecule has 1 heterocycles. The molecule has 0 radical (unpaired) electrons. The number of carbonyl (C=O) groups excluding carboxylic acids is 2. The Bertz CT molecular complexity index is 4720. The molecule has 0 aliphatic carbocycles. The summed E-state index contributed by atoms with van der Waals surface area (Å²) >= 11 is 0. The van der Waals surface area contributed by atoms with Gasteiger partial charge in [0.05, 0.1) is 0 Å². The van der Waals surface area contributed by atoms with Gasteiger partial charge in [0.2, 0.25) is 11.3 Å². The summed E-state index contributed by atoms with van der Waals surface area (Å²) in [6, 6.07) is 61.5. The van der Waals surface area contributed by atoms with E-state index in [2.05, 4.69) is 193 Å². The van der Waals surface area contributed by atoms with Crippen LogP contribution in [0.15, 0.2) is 205 Å². The molecular formula is C81H90B2N5O7+. The van der Waals surface area contributed by atoms with Gasteiger partial charge in [0.25, 0.3) is 0 Å². The Morgan fingerprint density at radius 3 is 1.56 bits per heavy atom. The van der Waals surface area contributed by atoms with Gasteiger partial charge in [-0.3, -0.25) is 19.4 Å². The number of unbranched alkanes of at least 4 members (excludes halogenated alkanes) is 1. The molecule has 11 aromatic rings. The Morgan fingerprint density at radius 2 is 1.00 bits per heavy atom. The molecule has 0 atom stereocenters. The summed E-state index contributed by atoms with van der Waals surface area (Å²) in [5, 5.41) is 57.4. The minimum absolute atomic E-state index is 0. The maximum absolute atomic E-state index is 12.9. The summed E-state index contributed by atoms with van der Waals surface area (Å²) in [6.07, 6.45) is 2.41. The highest BCUT2D eigenvalue weighted by atomic mass is 16.4. The van der Waals surface area contributed by atoms with Gasteiger partial charge in [-0.25, -0.2) is 4.58 Å². The number of fused-ring (bicyclic) bond motifs is 8. The molecule has 11 rings (SSSR count). The minimum Gasteiger partial charge on any atom is -0.455 e. The van der Waals surface area contributed by atoms with Crippen molar-refractivity contribution in [2.45, 2.75) is 101 Å². The van der Waals surface area contributed by atoms with Crippen LogP contribution >= 0.6 is 0 Å². The van der Waals surface area contributed by atoms with Crippen molar-refractivity contribution in [2.24, 2.45) is 0 Å². The Balaban J connectivity index is 0.00000983. The number of rotatable bonds is 28. The van der Waals surface area contributed by atoms with E-state index in [1.165, 1.54) is 11.0 Å². The van der Waals surface area contributed by atoms with Crippen molar-refractivity contribution in [1.29, 1.82) is 0 Å². The van der Waals surface area contributed by atoms with E-state index in [1.54, 1.807) is 26.0 Å². The number of anilines is 1. The first kappa shape index (κ1) is 68.9. The third kappa shape index (κ3) is 15.1. The van der Waals surface area contributed by atoms with E-state index >= 15 is 0 Å². The van der Waals surface area contributed by atoms with Gasteiger partial charge in [0.15, 0.2) is 5.78 Å². The highest BCUT2D eigenvalue weighted by molar-refractivity contribution is 6.59. The maximum Gasteiger partial charge on any atom is 0.488 e. The third-order valence-electron chi connectivity index (χ3n) is 18.8. The van der Waals surface area contributed by atoms with Gasteiger partial charge in [-0.1, -0.05) is 142 Å². The Labute approximate surface area is 560 Å². The quantitative estimate of drug-likeness (QED) is 0.00800. The normalized spacial score (nSPS) is 11.5. The van der Waals surface area contributed by atoms with Crippen molar-refractivity contribution in [3.63, 3.8) is 0 Å². The molecule has 0 fully saturated rings. The Kier molecular flexibility index (Phi) is 22.5. The zero-order valence-corrected chi connectivity index (χ0v) is 55.2. The predicted molar refractivity (Wildman–Crippen MR) is 398 cm³/mol. The van der Waals surface area contributed by atoms with Gasteiger partial charge in [0, 0.05) is 109 Å². The zero-order chi connectivity index (χ0) is 66.2. The largest absolute Gasteiger partial charge is 0.488 e. The Hall–Kier alpha value is -8.98. The monoisotopic (exact) mass is 1270 g/mol. The Morgan fingerprint density at radius 1 is 0.505 bits per heavy atom. The first-order valence-corrected chi connectivity index (χ1v) is 33.3. The molecule has 0 aliphatic rings. The minimum atomic E-state index is -1.66. The van der Waals surface area contributed by atoms with Crippen molar-refractivity contribution in [2.75, 3.05) is 50.7 Å². The number of nitrogens with zero attached hydrogens (tertiary/aromatic N) is 4. The third-order valence-corrected chi connectivity index (χ3v) is 18.8. The molecule has 12 nitrogen and oxygen atoms in total. The highest BCUT2D eigenvalue weighted by Gasteiger charge is 2.25. The maximum atomic E-state index is 12.9. The molecule has 1 aromatic heterocycles. The van der Waals surface area contributed by atoms with Crippen LogP contribution in [0.4, 0.5) is 5.69 Å². The van der Waals surface area contributed by atoms with Crippen molar-refractivity contribution < 1.29 is 34.1 Å². The van der Waals surface area contributed by atoms with Gasteiger partial charge >= 0.3 is 14.2 Å². The van der Waals surface area contributed by atoms with Crippen LogP contribution in [0, 0.1) is 0 Å². The number of hydrogen-bond acceptors (Lipinski definition) is 10. The summed E-state index contributed by atoms with van der Waals surface area (Å²) in [6.45, 7) is 27.0. The average molecular weight is 1270 g/mol. The summed E-state index contributed by atoms with van der Waals surface area (Å²) in [5.74, 6) is -0.147. The second kappa shape index (κ2) is 31.1. The first-order chi connectivity index (χ1) is 45.6. The van der Waals surface area contributed by atoms with Crippen LogP contribution in [0.2, 0.25) is 0 Å². The molecule has 0 saturated heterocycles. The second-order valence-corrected chi connectivity index (χ2v) is 25.0. The fourth-order valence-corrected chi connectivity index (χ4v) is 13.7. The molecule has 0 unspecified atom stereocenters. The molecule has 0 saturated carbocycles. The lowest BCUT2D eigenvalue weighted by Crippen LogP contribution is -2.36. The van der Waals surface area contributed by atoms with Crippen LogP contribution in [0.25, 0.3) is 87.3 Å². The zero-order valence-electron chi connectivity index (χ0n) is 55.2. The van der Waals surface area contributed by atoms with Crippen molar-refractivity contribution in [3.05, 3.63) is 228 Å². The fraction of sp³-hybridized carbons (Fsp3) is 0.272. The van der Waals surface area contributed by atoms with Crippen LogP contribution in [-0.2, 0) is 35.8 Å². The van der Waals surface area contributed by atoms with Gasteiger partial charge < -0.3 is 34.7 Å². The molecule has 1 amide bonds. The number of Topliss-reactive ketones (excluding diaryl/α,β-unsaturated/α-hetero) is 1. The lowest BCUT2D eigenvalue weighted by atomic mass is 9.77. The second-order valence-electron chi connectivity index (χ2n) is 25.0. The van der Waals surface area contributed by atoms with Gasteiger partial charge in [0.1, 0.15) is 24.3 Å². The molecule has 5 N–H and O–H groups in total. The average Bonchev–Trinajstić information content (AvgIpc) is 0.735. The van der Waals surface area contributed by atoms with E-state index in [9.17, 15) is 29.7 Å². The number of carbonyl (C=O) groups is 2. The SMILES string of the molecule is C.C=C(C)C(=O)CCCCN(Cc1ccccc1B(O)O)Cc1c2ccccc2c(CN(CCCNC(=O)C(=C)C)Cc2ccccc2B(O)O)c2ccc(-c3ccc(-c4c5ccc6cc(N(CC)CC)ccc6c5oc5c4ccc4cc(=[N+](CC)CC)ccc45)cc3)cc12. The summed E-state index contributed by atoms with van der Waals surface area (Å²) in [7, 11) is -3.32. The number of allylic oxidation sites excluding steroid dienone is 1. The summed E-state index contributed by atoms with van der Waals surface area (Å²) < 4.78 is 9.62. The highest BCUT2D eigenvalue weighted by Crippen LogP contribution is 2.44. The first-order valence-electron chi connectivity index (χ1n) is 33.3. The van der Waals surface area contributed by atoms with E-state index in [0.29, 0.717) is 87.1 Å². The summed E-state index contributed by atoms with van der Waals surface area (Å²) in [4.78, 5) is 32.6. The van der Waals surface area contributed by atoms with E-state index < -0.39 is 14.2 Å². The van der Waals surface area contributed by atoms with Crippen molar-refractivity contribution in [1.82, 2.24) is 19.7 Å². The topological polar surface area (TPSA) is 153 Å². The molecule has 0 spiro atoms. The van der Waals surface area contributed by atoms with Gasteiger partial charge in [-0.2, -0.15) is 0 Å². The van der Waals surface area contributed by atoms with Crippen LogP contribution in [-0.4, -0.2) is 102 Å². The molecular weight excluding hydrogens is 1180 g/mol. The fourth-order valence-electron chi connectivity index (χ4n) is 13.7. The standard InChI is InChI=1S/C80H85B2N5O7.CH4/c1-9-86(10-2)62-36-41-64-58(46-62)34-39-69-77(70-40-35-59-47-63(87(11-3)12-4)37-42-65(59)79(70)94-78(64)69)56-31-29-55(30-32-56)57-33-38-68-71(48-57)73(52-84(44-20-19-28-76(88)53(5)6)49-60-22-13-17-26-74(60)81(90)91)67-25-16-15-24-66(67)72(68)51-85(45-21-43-83-80(89)54(7)8)50-61-23-14-18-27-75(61)82(92)93;/h13-18,22-27,29-42,46-48,90-93H,5,7,9-12,19-21,28,43-45,49-52H2,1-4,6,8H3;1H4/p+1. The predicted octanol–water partition coefficient (Wildman–Crippen LogP) is 13.6. The van der Waals surface area contributed by atoms with Gasteiger partial charge in [-0.05, 0) is 198 Å². The van der Waals surface area contributed by atoms with Crippen molar-refractivity contribution in [3.8, 4) is 22.3 Å². The van der Waals surface area contributed by atoms with E-state index in [0.717, 1.165) is 142 Å². The van der Waals surface area contributed by atoms with E-state index in [1.807, 2.05) is 36.4 Å². The lowest BCUT2D eigenvalue weighted by molar-refractivity contribution is -0.117. The number of benzene rings is 10. The van der Waals surface area contributed by atoms with Crippen LogP contribution < -0.4 is 31.1 Å². The molecule has 95 heavy (non-hydrogen) atoms. The molecule has 10 aromatic carbocycles. The smallest absolute Gasteiger partial charge is 0.455 e. The number of hydrogen-bond donors (Lipinski definition) is 5. The van der Waals surface area contributed by atoms with Crippen molar-refractivity contribution >= 4 is 108 Å². The summed E-state index contributed by atoms with van der Waals surface area (Å²) in [5.41, 5.74) is 12.7. The number of ketones is 1. The molecule has 0 bridgehead atoms. The molecule has 486 valence electrons. The van der Waals surface area contributed by atoms with E-state index in [4.69, 9.17) is 4.42 Å². The number of nitrogens with one attached hydrogen (secondary N) is 1. The number of amides is 1. The van der Waals surface area contributed by atoms with Crippen LogP contribution in [0.5, 0.6) is 0 Å². The van der Waals surface area contributed by atoms with Crippen LogP contribution in [0.1, 0.15) is 96.9 Å². The lowest BCUT2D eigenvalue weighted by Gasteiger charge is -2.28. The molecule has 0 aliphatic heterocycles.